The van der Waals surface area contributed by atoms with Gasteiger partial charge in [-0.15, -0.1) is 0 Å². The largest absolute Gasteiger partial charge is 0.492 e. The third-order valence-corrected chi connectivity index (χ3v) is 6.30. The monoisotopic (exact) mass is 434 g/mol. The fourth-order valence-electron chi connectivity index (χ4n) is 4.51. The molecule has 2 aliphatic rings. The Bertz CT molecular complexity index is 1060. The van der Waals surface area contributed by atoms with Gasteiger partial charge in [0.05, 0.1) is 12.2 Å². The molecule has 1 fully saturated rings. The molecule has 0 spiro atoms. The minimum atomic E-state index is -0.552. The molecule has 0 saturated carbocycles. The molecule has 0 aromatic heterocycles. The maximum atomic E-state index is 13.4. The fraction of sp³-hybridized carbons (Fsp3) is 0.400. The zero-order valence-electron chi connectivity index (χ0n) is 18.7. The minimum absolute atomic E-state index is 0.0162. The molecule has 2 aliphatic heterocycles. The highest BCUT2D eigenvalue weighted by Crippen LogP contribution is 2.33. The number of carbonyl (C=O) groups excluding carboxylic acids is 2. The second-order valence-electron chi connectivity index (χ2n) is 8.72. The van der Waals surface area contributed by atoms with Crippen LogP contribution in [0.5, 0.6) is 5.75 Å². The number of fused-ring (bicyclic) bond motifs is 1. The molecule has 168 valence electrons. The number of hydrogen-bond donors (Lipinski definition) is 2. The van der Waals surface area contributed by atoms with Crippen molar-refractivity contribution in [3.05, 3.63) is 64.2 Å². The number of benzene rings is 2. The molecule has 0 bridgehead atoms. The summed E-state index contributed by atoms with van der Waals surface area (Å²) >= 11 is 0. The van der Waals surface area contributed by atoms with E-state index in [1.165, 1.54) is 0 Å². The summed E-state index contributed by atoms with van der Waals surface area (Å²) < 4.78 is 5.82. The Morgan fingerprint density at radius 2 is 1.75 bits per heavy atom. The van der Waals surface area contributed by atoms with E-state index >= 15 is 0 Å². The van der Waals surface area contributed by atoms with Gasteiger partial charge in [0, 0.05) is 61.9 Å². The van der Waals surface area contributed by atoms with Crippen molar-refractivity contribution in [2.45, 2.75) is 32.7 Å². The van der Waals surface area contributed by atoms with Gasteiger partial charge in [-0.2, -0.15) is 0 Å². The molecule has 1 saturated heterocycles. The van der Waals surface area contributed by atoms with E-state index < -0.39 is 5.91 Å². The van der Waals surface area contributed by atoms with E-state index in [1.54, 1.807) is 24.3 Å². The lowest BCUT2D eigenvalue weighted by Gasteiger charge is -2.37. The van der Waals surface area contributed by atoms with Crippen LogP contribution in [0.1, 0.15) is 51.3 Å². The predicted molar refractivity (Wildman–Crippen MR) is 124 cm³/mol. The van der Waals surface area contributed by atoms with Gasteiger partial charge in [-0.25, -0.2) is 0 Å². The van der Waals surface area contributed by atoms with Crippen molar-refractivity contribution >= 4 is 17.5 Å². The Morgan fingerprint density at radius 3 is 2.41 bits per heavy atom. The van der Waals surface area contributed by atoms with Crippen LogP contribution in [0.25, 0.3) is 0 Å². The van der Waals surface area contributed by atoms with Gasteiger partial charge in [-0.3, -0.25) is 14.5 Å². The van der Waals surface area contributed by atoms with E-state index in [9.17, 15) is 9.59 Å². The molecule has 2 aromatic rings. The summed E-state index contributed by atoms with van der Waals surface area (Å²) in [6.07, 6.45) is 1.05. The summed E-state index contributed by atoms with van der Waals surface area (Å²) in [6.45, 7) is 8.01. The van der Waals surface area contributed by atoms with Crippen LogP contribution in [0.2, 0.25) is 0 Å². The Kier molecular flexibility index (Phi) is 6.28. The highest BCUT2D eigenvalue weighted by molar-refractivity contribution is 6.09. The molecule has 7 heteroatoms. The number of carbonyl (C=O) groups is 2. The molecule has 2 heterocycles. The van der Waals surface area contributed by atoms with Crippen LogP contribution in [0, 0.1) is 5.41 Å². The number of rotatable bonds is 6. The summed E-state index contributed by atoms with van der Waals surface area (Å²) in [5, 5.41) is 8.59. The van der Waals surface area contributed by atoms with Gasteiger partial charge in [-0.05, 0) is 37.1 Å². The Labute approximate surface area is 188 Å². The third-order valence-electron chi connectivity index (χ3n) is 6.30. The van der Waals surface area contributed by atoms with Gasteiger partial charge in [-0.1, -0.05) is 24.3 Å². The summed E-state index contributed by atoms with van der Waals surface area (Å²) in [6, 6.07) is 11.2. The van der Waals surface area contributed by atoms with Crippen molar-refractivity contribution < 1.29 is 14.3 Å². The lowest BCUT2D eigenvalue weighted by molar-refractivity contribution is 0.0592. The van der Waals surface area contributed by atoms with Gasteiger partial charge in [0.15, 0.2) is 0 Å². The van der Waals surface area contributed by atoms with Crippen LogP contribution in [-0.4, -0.2) is 66.2 Å². The number of hydrogen-bond acceptors (Lipinski definition) is 5. The average molecular weight is 435 g/mol. The first-order chi connectivity index (χ1) is 15.3. The summed E-state index contributed by atoms with van der Waals surface area (Å²) in [5.74, 6) is 0.107. The molecule has 3 N–H and O–H groups in total. The normalized spacial score (nSPS) is 16.0. The summed E-state index contributed by atoms with van der Waals surface area (Å²) in [5.41, 5.74) is 9.08. The smallest absolute Gasteiger partial charge is 0.257 e. The standard InChI is InChI=1S/C25H30N4O3/c1-16(2)28-8-10-29(11-9-28)25(31)21-14-17(13-18-7-12-32-23(18)21)15-22(26)19-5-3-4-6-20(19)24(27)30/h3-6,13-14,16,26H,7-12,15H2,1-2H3,(H2,27,30). The molecule has 2 aromatic carbocycles. The lowest BCUT2D eigenvalue weighted by atomic mass is 9.94. The SMILES string of the molecule is CC(C)N1CCN(C(=O)c2cc(CC(=N)c3ccccc3C(N)=O)cc3c2OCC3)CC1. The number of ether oxygens (including phenoxy) is 1. The van der Waals surface area contributed by atoms with Gasteiger partial charge < -0.3 is 20.8 Å². The highest BCUT2D eigenvalue weighted by atomic mass is 16.5. The number of nitrogens with one attached hydrogen (secondary N) is 1. The molecule has 32 heavy (non-hydrogen) atoms. The van der Waals surface area contributed by atoms with Crippen LogP contribution in [-0.2, 0) is 12.8 Å². The van der Waals surface area contributed by atoms with Crippen LogP contribution in [0.3, 0.4) is 0 Å². The fourth-order valence-corrected chi connectivity index (χ4v) is 4.51. The molecule has 0 aliphatic carbocycles. The molecule has 0 atom stereocenters. The van der Waals surface area contributed by atoms with Crippen LogP contribution >= 0.6 is 0 Å². The molecular formula is C25H30N4O3. The second-order valence-corrected chi connectivity index (χ2v) is 8.72. The van der Waals surface area contributed by atoms with Crippen molar-refractivity contribution in [2.75, 3.05) is 32.8 Å². The van der Waals surface area contributed by atoms with E-state index in [2.05, 4.69) is 18.7 Å². The van der Waals surface area contributed by atoms with Gasteiger partial charge in [0.1, 0.15) is 5.75 Å². The van der Waals surface area contributed by atoms with Crippen LogP contribution in [0.15, 0.2) is 36.4 Å². The maximum Gasteiger partial charge on any atom is 0.257 e. The Morgan fingerprint density at radius 1 is 1.06 bits per heavy atom. The van der Waals surface area contributed by atoms with Crippen molar-refractivity contribution in [2.24, 2.45) is 5.73 Å². The minimum Gasteiger partial charge on any atom is -0.492 e. The quantitative estimate of drug-likeness (QED) is 0.683. The first kappa shape index (κ1) is 22.0. The summed E-state index contributed by atoms with van der Waals surface area (Å²) in [4.78, 5) is 29.4. The zero-order valence-corrected chi connectivity index (χ0v) is 18.7. The summed E-state index contributed by atoms with van der Waals surface area (Å²) in [7, 11) is 0. The van der Waals surface area contributed by atoms with E-state index in [4.69, 9.17) is 15.9 Å². The van der Waals surface area contributed by atoms with Gasteiger partial charge in [0.25, 0.3) is 5.91 Å². The molecule has 2 amide bonds. The van der Waals surface area contributed by atoms with Crippen molar-refractivity contribution in [3.63, 3.8) is 0 Å². The molecule has 0 unspecified atom stereocenters. The van der Waals surface area contributed by atoms with E-state index in [-0.39, 0.29) is 5.91 Å². The molecule has 0 radical (unpaired) electrons. The third kappa shape index (κ3) is 4.39. The first-order valence-electron chi connectivity index (χ1n) is 11.1. The maximum absolute atomic E-state index is 13.4. The Hall–Kier alpha value is -3.19. The number of nitrogens with zero attached hydrogens (tertiary/aromatic N) is 2. The molecular weight excluding hydrogens is 404 g/mol. The number of amides is 2. The predicted octanol–water partition coefficient (Wildman–Crippen LogP) is 2.50. The second kappa shape index (κ2) is 9.12. The number of piperazine rings is 1. The molecule has 7 nitrogen and oxygen atoms in total. The lowest BCUT2D eigenvalue weighted by Crippen LogP contribution is -2.50. The number of primary amides is 1. The number of nitrogens with two attached hydrogens (primary N) is 1. The first-order valence-corrected chi connectivity index (χ1v) is 11.1. The van der Waals surface area contributed by atoms with Crippen molar-refractivity contribution in [3.8, 4) is 5.75 Å². The topological polar surface area (TPSA) is 99.7 Å². The van der Waals surface area contributed by atoms with Crippen LogP contribution in [0.4, 0.5) is 0 Å². The molecule has 4 rings (SSSR count). The van der Waals surface area contributed by atoms with Crippen LogP contribution < -0.4 is 10.5 Å². The van der Waals surface area contributed by atoms with Crippen molar-refractivity contribution in [1.29, 1.82) is 5.41 Å². The highest BCUT2D eigenvalue weighted by Gasteiger charge is 2.28. The van der Waals surface area contributed by atoms with E-state index in [0.717, 1.165) is 30.6 Å². The van der Waals surface area contributed by atoms with E-state index in [0.29, 0.717) is 60.3 Å². The zero-order chi connectivity index (χ0) is 22.8. The average Bonchev–Trinajstić information content (AvgIpc) is 3.26. The van der Waals surface area contributed by atoms with Gasteiger partial charge >= 0.3 is 0 Å². The van der Waals surface area contributed by atoms with Crippen molar-refractivity contribution in [1.82, 2.24) is 9.80 Å². The Balaban J connectivity index is 1.58. The van der Waals surface area contributed by atoms with E-state index in [1.807, 2.05) is 17.0 Å². The van der Waals surface area contributed by atoms with Gasteiger partial charge in [0.2, 0.25) is 5.91 Å².